The molecule has 7 rings (SSSR count). The van der Waals surface area contributed by atoms with E-state index in [1.165, 1.54) is 11.6 Å². The topological polar surface area (TPSA) is 94.8 Å². The lowest BCUT2D eigenvalue weighted by Gasteiger charge is -2.28. The van der Waals surface area contributed by atoms with Crippen molar-refractivity contribution in [3.63, 3.8) is 0 Å². The molecule has 0 fully saturated rings. The second-order valence-electron chi connectivity index (χ2n) is 13.0. The largest absolute Gasteiger partial charge is 0.497 e. The third kappa shape index (κ3) is 7.78. The van der Waals surface area contributed by atoms with Crippen LogP contribution in [0.25, 0.3) is 22.3 Å². The first-order chi connectivity index (χ1) is 26.4. The number of methoxy groups -OCH3 is 1. The molecule has 0 aliphatic heterocycles. The maximum atomic E-state index is 14.3. The number of benzene rings is 6. The first-order valence-corrected chi connectivity index (χ1v) is 17.8. The molecule has 0 spiro atoms. The highest BCUT2D eigenvalue weighted by Gasteiger charge is 2.26. The lowest BCUT2D eigenvalue weighted by Crippen LogP contribution is -2.46. The third-order valence-corrected chi connectivity index (χ3v) is 9.50. The minimum Gasteiger partial charge on any atom is -0.497 e. The fraction of sp³-hybridized carbons (Fsp3) is 0.109. The van der Waals surface area contributed by atoms with Crippen LogP contribution < -0.4 is 26.6 Å². The van der Waals surface area contributed by atoms with Gasteiger partial charge in [-0.25, -0.2) is 4.79 Å². The van der Waals surface area contributed by atoms with Gasteiger partial charge in [-0.05, 0) is 63.2 Å². The normalized spacial score (nSPS) is 11.3. The maximum Gasteiger partial charge on any atom is 0.332 e. The number of aliphatic imine (C=N–C) groups is 1. The van der Waals surface area contributed by atoms with Crippen LogP contribution in [0.3, 0.4) is 0 Å². The molecule has 0 aliphatic carbocycles. The van der Waals surface area contributed by atoms with E-state index in [-0.39, 0.29) is 24.5 Å². The highest BCUT2D eigenvalue weighted by molar-refractivity contribution is 6.12. The zero-order chi connectivity index (χ0) is 37.4. The molecule has 0 aliphatic rings. The van der Waals surface area contributed by atoms with E-state index in [2.05, 4.69) is 60.7 Å². The minimum absolute atomic E-state index is 0.0393. The molecule has 6 aromatic carbocycles. The predicted octanol–water partition coefficient (Wildman–Crippen LogP) is 8.17. The number of amidine groups is 1. The van der Waals surface area contributed by atoms with Gasteiger partial charge in [0.15, 0.2) is 0 Å². The summed E-state index contributed by atoms with van der Waals surface area (Å²) in [6.45, 7) is 0.794. The summed E-state index contributed by atoms with van der Waals surface area (Å²) in [4.78, 5) is 35.2. The van der Waals surface area contributed by atoms with Crippen molar-refractivity contribution in [2.45, 2.75) is 19.6 Å². The molecule has 0 saturated heterocycles. The number of aromatic nitrogens is 2. The molecule has 0 unspecified atom stereocenters. The van der Waals surface area contributed by atoms with Crippen molar-refractivity contribution in [3.8, 4) is 28.0 Å². The van der Waals surface area contributed by atoms with Crippen molar-refractivity contribution in [1.82, 2.24) is 9.13 Å². The molecule has 8 heteroatoms. The van der Waals surface area contributed by atoms with Gasteiger partial charge in [-0.2, -0.15) is 0 Å². The minimum atomic E-state index is -0.526. The Hall–Kier alpha value is -6.93. The van der Waals surface area contributed by atoms with Gasteiger partial charge >= 0.3 is 5.69 Å². The highest BCUT2D eigenvalue weighted by atomic mass is 16.5. The van der Waals surface area contributed by atoms with Crippen molar-refractivity contribution in [2.24, 2.45) is 12.0 Å². The molecule has 268 valence electrons. The molecule has 0 saturated carbocycles. The van der Waals surface area contributed by atoms with Crippen molar-refractivity contribution in [3.05, 3.63) is 207 Å². The Bertz CT molecular complexity index is 2480. The summed E-state index contributed by atoms with van der Waals surface area (Å²) >= 11 is 0. The Morgan fingerprint density at radius 1 is 0.630 bits per heavy atom. The van der Waals surface area contributed by atoms with Crippen LogP contribution in [0.1, 0.15) is 22.3 Å². The summed E-state index contributed by atoms with van der Waals surface area (Å²) < 4.78 is 7.87. The molecule has 2 N–H and O–H groups in total. The summed E-state index contributed by atoms with van der Waals surface area (Å²) in [6.07, 6.45) is 0. The summed E-state index contributed by atoms with van der Waals surface area (Å²) in [5.41, 5.74) is 14.1. The number of anilines is 2. The standard InChI is InChI=1S/C46H41N5O3/c1-49-45(52)42(43(47)51(46(49)53)32-35-22-28-41(54-2)29-23-35)44(48-30-33-18-24-38(25-19-33)36-12-6-3-7-13-36)50(40-16-10-5-11-17-40)31-34-20-26-39(27-21-34)37-14-8-4-9-15-37/h3-29H,30-32,47H2,1-2H3. The average molecular weight is 712 g/mol. The van der Waals surface area contributed by atoms with E-state index in [4.69, 9.17) is 15.5 Å². The maximum absolute atomic E-state index is 14.3. The van der Waals surface area contributed by atoms with Crippen LogP contribution >= 0.6 is 0 Å². The average Bonchev–Trinajstić information content (AvgIpc) is 3.23. The molecule has 0 atom stereocenters. The number of ether oxygens (including phenoxy) is 1. The van der Waals surface area contributed by atoms with Crippen LogP contribution in [0.15, 0.2) is 178 Å². The molecule has 54 heavy (non-hydrogen) atoms. The van der Waals surface area contributed by atoms with Crippen LogP contribution in [0.4, 0.5) is 11.5 Å². The van der Waals surface area contributed by atoms with E-state index in [0.717, 1.165) is 49.2 Å². The number of hydrogen-bond donors (Lipinski definition) is 1. The fourth-order valence-corrected chi connectivity index (χ4v) is 6.47. The number of nitrogens with zero attached hydrogens (tertiary/aromatic N) is 4. The van der Waals surface area contributed by atoms with Gasteiger partial charge in [0.2, 0.25) is 0 Å². The lowest BCUT2D eigenvalue weighted by atomic mass is 10.0. The van der Waals surface area contributed by atoms with Gasteiger partial charge in [0.05, 0.1) is 20.2 Å². The van der Waals surface area contributed by atoms with Gasteiger partial charge < -0.3 is 15.4 Å². The molecule has 0 bridgehead atoms. The Morgan fingerprint density at radius 3 is 1.65 bits per heavy atom. The molecule has 1 heterocycles. The SMILES string of the molecule is COc1ccc(Cn2c(N)c(C(=NCc3ccc(-c4ccccc4)cc3)N(Cc3ccc(-c4ccccc4)cc3)c3ccccc3)c(=O)n(C)c2=O)cc1. The predicted molar refractivity (Wildman–Crippen MR) is 219 cm³/mol. The second kappa shape index (κ2) is 16.2. The molecular weight excluding hydrogens is 671 g/mol. The Balaban J connectivity index is 1.35. The van der Waals surface area contributed by atoms with Crippen LogP contribution in [-0.4, -0.2) is 22.1 Å². The Morgan fingerprint density at radius 2 is 1.11 bits per heavy atom. The van der Waals surface area contributed by atoms with E-state index in [1.54, 1.807) is 7.11 Å². The monoisotopic (exact) mass is 711 g/mol. The van der Waals surface area contributed by atoms with Gasteiger partial charge in [0.25, 0.3) is 5.56 Å². The summed E-state index contributed by atoms with van der Waals surface area (Å²) in [6, 6.07) is 54.3. The van der Waals surface area contributed by atoms with Gasteiger partial charge in [0.1, 0.15) is 23.0 Å². The van der Waals surface area contributed by atoms with Crippen molar-refractivity contribution < 1.29 is 4.74 Å². The van der Waals surface area contributed by atoms with Crippen LogP contribution in [0.5, 0.6) is 5.75 Å². The van der Waals surface area contributed by atoms with Gasteiger partial charge in [0, 0.05) is 19.3 Å². The van der Waals surface area contributed by atoms with E-state index in [0.29, 0.717) is 18.1 Å². The second-order valence-corrected chi connectivity index (χ2v) is 13.0. The molecule has 8 nitrogen and oxygen atoms in total. The number of nitrogens with two attached hydrogens (primary N) is 1. The van der Waals surface area contributed by atoms with Gasteiger partial charge in [-0.15, -0.1) is 0 Å². The van der Waals surface area contributed by atoms with E-state index < -0.39 is 11.2 Å². The van der Waals surface area contributed by atoms with Crippen molar-refractivity contribution >= 4 is 17.3 Å². The zero-order valence-electron chi connectivity index (χ0n) is 30.3. The summed E-state index contributed by atoms with van der Waals surface area (Å²) in [5, 5.41) is 0. The Kier molecular flexibility index (Phi) is 10.6. The summed E-state index contributed by atoms with van der Waals surface area (Å²) in [5.74, 6) is 1.10. The summed E-state index contributed by atoms with van der Waals surface area (Å²) in [7, 11) is 3.08. The van der Waals surface area contributed by atoms with Crippen LogP contribution in [0, 0.1) is 0 Å². The fourth-order valence-electron chi connectivity index (χ4n) is 6.47. The quantitative estimate of drug-likeness (QED) is 0.108. The first-order valence-electron chi connectivity index (χ1n) is 17.8. The van der Waals surface area contributed by atoms with Crippen LogP contribution in [0.2, 0.25) is 0 Å². The molecule has 0 amide bonds. The lowest BCUT2D eigenvalue weighted by molar-refractivity contribution is 0.414. The molecular formula is C46H41N5O3. The number of hydrogen-bond acceptors (Lipinski definition) is 5. The van der Waals surface area contributed by atoms with Gasteiger partial charge in [-0.1, -0.05) is 140 Å². The number of nitrogen functional groups attached to an aromatic ring is 1. The van der Waals surface area contributed by atoms with Gasteiger partial charge in [-0.3, -0.25) is 18.9 Å². The van der Waals surface area contributed by atoms with Crippen molar-refractivity contribution in [2.75, 3.05) is 17.7 Å². The highest BCUT2D eigenvalue weighted by Crippen LogP contribution is 2.26. The Labute approximate surface area is 314 Å². The molecule has 1 aromatic heterocycles. The number of rotatable bonds is 11. The molecule has 0 radical (unpaired) electrons. The van der Waals surface area contributed by atoms with Crippen LogP contribution in [-0.2, 0) is 26.7 Å². The van der Waals surface area contributed by atoms with E-state index in [9.17, 15) is 9.59 Å². The van der Waals surface area contributed by atoms with E-state index in [1.807, 2.05) is 108 Å². The zero-order valence-corrected chi connectivity index (χ0v) is 30.3. The first kappa shape index (κ1) is 35.5. The number of para-hydroxylation sites is 1. The third-order valence-electron chi connectivity index (χ3n) is 9.50. The smallest absolute Gasteiger partial charge is 0.332 e. The molecule has 7 aromatic rings. The van der Waals surface area contributed by atoms with Crippen molar-refractivity contribution in [1.29, 1.82) is 0 Å². The van der Waals surface area contributed by atoms with E-state index >= 15 is 0 Å².